The molecule has 0 heterocycles. The van der Waals surface area contributed by atoms with Crippen LogP contribution in [0.3, 0.4) is 0 Å². The third kappa shape index (κ3) is 4.64. The van der Waals surface area contributed by atoms with Crippen molar-refractivity contribution in [2.75, 3.05) is 4.43 Å². The van der Waals surface area contributed by atoms with Gasteiger partial charge in [0, 0.05) is 0 Å². The number of unbranched alkanes of at least 4 members (excludes halogenated alkanes) is 1. The molecule has 82 valence electrons. The molecule has 0 saturated heterocycles. The van der Waals surface area contributed by atoms with E-state index in [4.69, 9.17) is 4.74 Å². The Bertz CT molecular complexity index is 306. The SMILES string of the molecule is CCCCc1ccc(OC(=O)CI)cc1. The molecule has 0 aromatic heterocycles. The van der Waals surface area contributed by atoms with Crippen molar-refractivity contribution in [3.05, 3.63) is 29.8 Å². The van der Waals surface area contributed by atoms with Gasteiger partial charge in [0.15, 0.2) is 0 Å². The largest absolute Gasteiger partial charge is 0.426 e. The molecule has 15 heavy (non-hydrogen) atoms. The predicted molar refractivity (Wildman–Crippen MR) is 69.6 cm³/mol. The summed E-state index contributed by atoms with van der Waals surface area (Å²) in [6.45, 7) is 2.18. The van der Waals surface area contributed by atoms with Crippen LogP contribution in [-0.4, -0.2) is 10.4 Å². The van der Waals surface area contributed by atoms with Gasteiger partial charge in [0.05, 0.1) is 4.43 Å². The summed E-state index contributed by atoms with van der Waals surface area (Å²) < 4.78 is 5.46. The molecule has 0 unspecified atom stereocenters. The van der Waals surface area contributed by atoms with Gasteiger partial charge < -0.3 is 4.74 Å². The van der Waals surface area contributed by atoms with Crippen molar-refractivity contribution < 1.29 is 9.53 Å². The first-order chi connectivity index (χ1) is 7.26. The molecule has 0 aliphatic rings. The van der Waals surface area contributed by atoms with E-state index in [-0.39, 0.29) is 5.97 Å². The van der Waals surface area contributed by atoms with Crippen LogP contribution in [0.15, 0.2) is 24.3 Å². The van der Waals surface area contributed by atoms with Crippen LogP contribution in [0.1, 0.15) is 25.3 Å². The van der Waals surface area contributed by atoms with E-state index in [0.717, 1.165) is 6.42 Å². The van der Waals surface area contributed by atoms with Gasteiger partial charge in [0.1, 0.15) is 5.75 Å². The first-order valence-electron chi connectivity index (χ1n) is 5.12. The number of rotatable bonds is 5. The summed E-state index contributed by atoms with van der Waals surface area (Å²) >= 11 is 1.99. The number of carbonyl (C=O) groups excluding carboxylic acids is 1. The molecule has 0 atom stereocenters. The van der Waals surface area contributed by atoms with Crippen LogP contribution >= 0.6 is 22.6 Å². The van der Waals surface area contributed by atoms with Crippen LogP contribution in [0.25, 0.3) is 0 Å². The lowest BCUT2D eigenvalue weighted by molar-refractivity contribution is -0.131. The van der Waals surface area contributed by atoms with Crippen molar-refractivity contribution in [2.24, 2.45) is 0 Å². The molecule has 1 rings (SSSR count). The van der Waals surface area contributed by atoms with Crippen molar-refractivity contribution in [1.82, 2.24) is 0 Å². The third-order valence-corrected chi connectivity index (χ3v) is 2.71. The minimum Gasteiger partial charge on any atom is -0.426 e. The van der Waals surface area contributed by atoms with Crippen LogP contribution in [0.4, 0.5) is 0 Å². The number of aryl methyl sites for hydroxylation is 1. The van der Waals surface area contributed by atoms with Gasteiger partial charge in [-0.2, -0.15) is 0 Å². The van der Waals surface area contributed by atoms with Crippen LogP contribution in [0.5, 0.6) is 5.75 Å². The maximum absolute atomic E-state index is 11.0. The molecule has 0 saturated carbocycles. The van der Waals surface area contributed by atoms with E-state index in [1.807, 2.05) is 46.9 Å². The Morgan fingerprint density at radius 3 is 2.53 bits per heavy atom. The smallest absolute Gasteiger partial charge is 0.321 e. The van der Waals surface area contributed by atoms with Gasteiger partial charge in [0.25, 0.3) is 0 Å². The lowest BCUT2D eigenvalue weighted by Crippen LogP contribution is -2.08. The standard InChI is InChI=1S/C12H15IO2/c1-2-3-4-10-5-7-11(8-6-10)15-12(14)9-13/h5-8H,2-4,9H2,1H3. The Morgan fingerprint density at radius 2 is 2.00 bits per heavy atom. The molecular weight excluding hydrogens is 303 g/mol. The molecule has 3 heteroatoms. The Morgan fingerprint density at radius 1 is 1.33 bits per heavy atom. The van der Waals surface area contributed by atoms with Crippen molar-refractivity contribution in [1.29, 1.82) is 0 Å². The molecule has 0 N–H and O–H groups in total. The van der Waals surface area contributed by atoms with Crippen molar-refractivity contribution in [3.63, 3.8) is 0 Å². The van der Waals surface area contributed by atoms with E-state index < -0.39 is 0 Å². The molecule has 2 nitrogen and oxygen atoms in total. The molecule has 1 aromatic carbocycles. The first-order valence-corrected chi connectivity index (χ1v) is 6.64. The van der Waals surface area contributed by atoms with Crippen LogP contribution in [0, 0.1) is 0 Å². The molecule has 0 aliphatic heterocycles. The van der Waals surface area contributed by atoms with Gasteiger partial charge >= 0.3 is 5.97 Å². The number of alkyl halides is 1. The highest BCUT2D eigenvalue weighted by molar-refractivity contribution is 14.1. The maximum atomic E-state index is 11.0. The Hall–Kier alpha value is -0.580. The van der Waals surface area contributed by atoms with Gasteiger partial charge in [-0.05, 0) is 30.5 Å². The van der Waals surface area contributed by atoms with Gasteiger partial charge in [-0.15, -0.1) is 0 Å². The van der Waals surface area contributed by atoms with Crippen molar-refractivity contribution in [3.8, 4) is 5.75 Å². The summed E-state index contributed by atoms with van der Waals surface area (Å²) in [4.78, 5) is 11.0. The summed E-state index contributed by atoms with van der Waals surface area (Å²) in [5, 5.41) is 0. The molecular formula is C12H15IO2. The monoisotopic (exact) mass is 318 g/mol. The fourth-order valence-electron chi connectivity index (χ4n) is 1.26. The van der Waals surface area contributed by atoms with E-state index >= 15 is 0 Å². The second-order valence-corrected chi connectivity index (χ2v) is 4.12. The summed E-state index contributed by atoms with van der Waals surface area (Å²) in [6.07, 6.45) is 3.50. The number of esters is 1. The molecule has 1 aromatic rings. The fraction of sp³-hybridized carbons (Fsp3) is 0.417. The fourth-order valence-corrected chi connectivity index (χ4v) is 1.42. The zero-order valence-corrected chi connectivity index (χ0v) is 11.0. The predicted octanol–water partition coefficient (Wildman–Crippen LogP) is 3.37. The number of hydrogen-bond acceptors (Lipinski definition) is 2. The average molecular weight is 318 g/mol. The minimum absolute atomic E-state index is 0.197. The Balaban J connectivity index is 2.52. The number of benzene rings is 1. The van der Waals surface area contributed by atoms with E-state index in [2.05, 4.69) is 6.92 Å². The van der Waals surface area contributed by atoms with E-state index in [1.54, 1.807) is 0 Å². The van der Waals surface area contributed by atoms with Gasteiger partial charge in [-0.25, -0.2) is 0 Å². The maximum Gasteiger partial charge on any atom is 0.321 e. The highest BCUT2D eigenvalue weighted by atomic mass is 127. The van der Waals surface area contributed by atoms with Crippen LogP contribution in [0.2, 0.25) is 0 Å². The number of hydrogen-bond donors (Lipinski definition) is 0. The van der Waals surface area contributed by atoms with Gasteiger partial charge in [-0.3, -0.25) is 4.79 Å². The molecule has 0 spiro atoms. The quantitative estimate of drug-likeness (QED) is 0.360. The molecule has 0 radical (unpaired) electrons. The lowest BCUT2D eigenvalue weighted by Gasteiger charge is -2.03. The minimum atomic E-state index is -0.197. The lowest BCUT2D eigenvalue weighted by atomic mass is 10.1. The van der Waals surface area contributed by atoms with Crippen LogP contribution < -0.4 is 4.74 Å². The third-order valence-electron chi connectivity index (χ3n) is 2.08. The Labute approximate surface area is 104 Å². The van der Waals surface area contributed by atoms with Gasteiger partial charge in [-0.1, -0.05) is 48.1 Å². The first kappa shape index (κ1) is 12.5. The number of carbonyl (C=O) groups is 1. The van der Waals surface area contributed by atoms with E-state index in [1.165, 1.54) is 18.4 Å². The highest BCUT2D eigenvalue weighted by Gasteiger charge is 2.01. The zero-order valence-electron chi connectivity index (χ0n) is 8.83. The van der Waals surface area contributed by atoms with Crippen molar-refractivity contribution in [2.45, 2.75) is 26.2 Å². The average Bonchev–Trinajstić information content (AvgIpc) is 2.28. The van der Waals surface area contributed by atoms with E-state index in [9.17, 15) is 4.79 Å². The number of halogens is 1. The topological polar surface area (TPSA) is 26.3 Å². The number of ether oxygens (including phenoxy) is 1. The second kappa shape index (κ2) is 6.82. The molecule has 0 fully saturated rings. The summed E-state index contributed by atoms with van der Waals surface area (Å²) in [6, 6.07) is 7.75. The summed E-state index contributed by atoms with van der Waals surface area (Å²) in [7, 11) is 0. The molecule has 0 aliphatic carbocycles. The second-order valence-electron chi connectivity index (χ2n) is 3.36. The Kier molecular flexibility index (Phi) is 5.68. The van der Waals surface area contributed by atoms with Crippen molar-refractivity contribution >= 4 is 28.6 Å². The molecule has 0 bridgehead atoms. The normalized spacial score (nSPS) is 10.0. The summed E-state index contributed by atoms with van der Waals surface area (Å²) in [5.41, 5.74) is 1.30. The zero-order chi connectivity index (χ0) is 11.1. The molecule has 0 amide bonds. The van der Waals surface area contributed by atoms with E-state index in [0.29, 0.717) is 10.2 Å². The van der Waals surface area contributed by atoms with Gasteiger partial charge in [0.2, 0.25) is 0 Å². The highest BCUT2D eigenvalue weighted by Crippen LogP contribution is 2.14. The van der Waals surface area contributed by atoms with Crippen LogP contribution in [-0.2, 0) is 11.2 Å². The summed E-state index contributed by atoms with van der Waals surface area (Å²) in [5.74, 6) is 0.439.